The summed E-state index contributed by atoms with van der Waals surface area (Å²) in [5.74, 6) is -0.437. The largest absolute Gasteiger partial charge is 0.273 e. The molecule has 0 aliphatic carbocycles. The van der Waals surface area contributed by atoms with Crippen molar-refractivity contribution in [1.82, 2.24) is 4.83 Å². The molecular weight excluding hydrogens is 288 g/mol. The lowest BCUT2D eigenvalue weighted by Gasteiger charge is -2.18. The fourth-order valence-electron chi connectivity index (χ4n) is 2.32. The van der Waals surface area contributed by atoms with Gasteiger partial charge >= 0.3 is 0 Å². The number of hydrogen-bond donors (Lipinski definition) is 1. The maximum absolute atomic E-state index is 12.2. The molecule has 0 aromatic heterocycles. The second-order valence-corrected chi connectivity index (χ2v) is 6.57. The SMILES string of the molecule is O=C1Cc2ccccc2N1NS(=O)(=O)Cc1ccccc1. The van der Waals surface area contributed by atoms with E-state index in [0.717, 1.165) is 10.6 Å². The Morgan fingerprint density at radius 1 is 1.00 bits per heavy atom. The van der Waals surface area contributed by atoms with Crippen molar-refractivity contribution in [3.63, 3.8) is 0 Å². The summed E-state index contributed by atoms with van der Waals surface area (Å²) in [5.41, 5.74) is 2.09. The number of nitrogens with one attached hydrogen (secondary N) is 1. The third kappa shape index (κ3) is 2.96. The topological polar surface area (TPSA) is 66.5 Å². The van der Waals surface area contributed by atoms with Crippen LogP contribution in [0.5, 0.6) is 0 Å². The Bertz CT molecular complexity index is 773. The average molecular weight is 302 g/mol. The molecule has 1 N–H and O–H groups in total. The summed E-state index contributed by atoms with van der Waals surface area (Å²) in [5, 5.41) is 1.12. The summed E-state index contributed by atoms with van der Waals surface area (Å²) in [6, 6.07) is 16.0. The zero-order valence-corrected chi connectivity index (χ0v) is 12.0. The van der Waals surface area contributed by atoms with Crippen molar-refractivity contribution in [2.24, 2.45) is 0 Å². The Morgan fingerprint density at radius 2 is 1.67 bits per heavy atom. The molecule has 1 aliphatic rings. The molecular formula is C15H14N2O3S. The van der Waals surface area contributed by atoms with Crippen molar-refractivity contribution in [3.8, 4) is 0 Å². The number of amides is 1. The number of carbonyl (C=O) groups is 1. The fraction of sp³-hybridized carbons (Fsp3) is 0.133. The van der Waals surface area contributed by atoms with Crippen LogP contribution in [0.15, 0.2) is 54.6 Å². The number of rotatable bonds is 4. The van der Waals surface area contributed by atoms with Gasteiger partial charge < -0.3 is 0 Å². The van der Waals surface area contributed by atoms with Gasteiger partial charge in [-0.05, 0) is 17.2 Å². The van der Waals surface area contributed by atoms with Gasteiger partial charge in [-0.25, -0.2) is 13.4 Å². The van der Waals surface area contributed by atoms with Gasteiger partial charge in [-0.15, -0.1) is 4.83 Å². The van der Waals surface area contributed by atoms with Crippen molar-refractivity contribution < 1.29 is 13.2 Å². The van der Waals surface area contributed by atoms with E-state index >= 15 is 0 Å². The summed E-state index contributed by atoms with van der Waals surface area (Å²) in [6.45, 7) is 0. The maximum Gasteiger partial charge on any atom is 0.246 e. The van der Waals surface area contributed by atoms with Gasteiger partial charge in [0.15, 0.2) is 0 Å². The van der Waals surface area contributed by atoms with E-state index in [2.05, 4.69) is 4.83 Å². The molecule has 5 nitrogen and oxygen atoms in total. The van der Waals surface area contributed by atoms with E-state index in [-0.39, 0.29) is 18.1 Å². The number of carbonyl (C=O) groups excluding carboxylic acids is 1. The molecule has 2 aromatic carbocycles. The van der Waals surface area contributed by atoms with Crippen LogP contribution in [0.4, 0.5) is 5.69 Å². The van der Waals surface area contributed by atoms with E-state index in [9.17, 15) is 13.2 Å². The number of nitrogens with zero attached hydrogens (tertiary/aromatic N) is 1. The summed E-state index contributed by atoms with van der Waals surface area (Å²) in [7, 11) is -3.64. The predicted molar refractivity (Wildman–Crippen MR) is 79.8 cm³/mol. The lowest BCUT2D eigenvalue weighted by Crippen LogP contribution is -2.44. The quantitative estimate of drug-likeness (QED) is 0.933. The number of benzene rings is 2. The fourth-order valence-corrected chi connectivity index (χ4v) is 3.49. The molecule has 0 radical (unpaired) electrons. The normalized spacial score (nSPS) is 14.3. The van der Waals surface area contributed by atoms with Crippen LogP contribution in [0, 0.1) is 0 Å². The second kappa shape index (κ2) is 5.31. The lowest BCUT2D eigenvalue weighted by atomic mass is 10.2. The predicted octanol–water partition coefficient (Wildman–Crippen LogP) is 1.61. The van der Waals surface area contributed by atoms with Gasteiger partial charge in [0.05, 0.1) is 17.9 Å². The van der Waals surface area contributed by atoms with Crippen molar-refractivity contribution >= 4 is 21.6 Å². The number of hydrogen-bond acceptors (Lipinski definition) is 3. The van der Waals surface area contributed by atoms with Gasteiger partial charge in [-0.1, -0.05) is 48.5 Å². The van der Waals surface area contributed by atoms with Gasteiger partial charge in [0.2, 0.25) is 15.9 Å². The van der Waals surface area contributed by atoms with Gasteiger partial charge in [-0.2, -0.15) is 0 Å². The van der Waals surface area contributed by atoms with Crippen LogP contribution < -0.4 is 9.84 Å². The zero-order chi connectivity index (χ0) is 14.9. The van der Waals surface area contributed by atoms with Crippen LogP contribution in [0.3, 0.4) is 0 Å². The third-order valence-electron chi connectivity index (χ3n) is 3.25. The van der Waals surface area contributed by atoms with Crippen LogP contribution in [0.1, 0.15) is 11.1 Å². The molecule has 0 unspecified atom stereocenters. The average Bonchev–Trinajstić information content (AvgIpc) is 2.75. The highest BCUT2D eigenvalue weighted by atomic mass is 32.2. The minimum Gasteiger partial charge on any atom is -0.273 e. The number of hydrazine groups is 1. The van der Waals surface area contributed by atoms with Gasteiger partial charge in [-0.3, -0.25) is 4.79 Å². The highest BCUT2D eigenvalue weighted by molar-refractivity contribution is 7.88. The number of anilines is 1. The zero-order valence-electron chi connectivity index (χ0n) is 11.2. The molecule has 6 heteroatoms. The third-order valence-corrected chi connectivity index (χ3v) is 4.43. The van der Waals surface area contributed by atoms with E-state index in [1.165, 1.54) is 0 Å². The monoisotopic (exact) mass is 302 g/mol. The first-order valence-electron chi connectivity index (χ1n) is 6.50. The Labute approximate surface area is 123 Å². The summed E-state index contributed by atoms with van der Waals surface area (Å²) < 4.78 is 24.4. The standard InChI is InChI=1S/C15H14N2O3S/c18-15-10-13-8-4-5-9-14(13)17(15)16-21(19,20)11-12-6-2-1-3-7-12/h1-9,16H,10-11H2. The van der Waals surface area contributed by atoms with E-state index in [1.54, 1.807) is 36.4 Å². The first kappa shape index (κ1) is 13.8. The van der Waals surface area contributed by atoms with E-state index in [4.69, 9.17) is 0 Å². The number of sulfonamides is 1. The summed E-state index contributed by atoms with van der Waals surface area (Å²) in [6.07, 6.45) is 0.212. The Kier molecular flexibility index (Phi) is 3.48. The molecule has 0 spiro atoms. The van der Waals surface area contributed by atoms with Gasteiger partial charge in [0.1, 0.15) is 0 Å². The summed E-state index contributed by atoms with van der Waals surface area (Å²) >= 11 is 0. The molecule has 0 fully saturated rings. The van der Waals surface area contributed by atoms with E-state index < -0.39 is 10.0 Å². The Hall–Kier alpha value is -2.18. The summed E-state index contributed by atoms with van der Waals surface area (Å²) in [4.78, 5) is 14.3. The number of fused-ring (bicyclic) bond motifs is 1. The molecule has 108 valence electrons. The smallest absolute Gasteiger partial charge is 0.246 e. The molecule has 2 aromatic rings. The minimum atomic E-state index is -3.64. The molecule has 1 aliphatic heterocycles. The van der Waals surface area contributed by atoms with Crippen molar-refractivity contribution in [1.29, 1.82) is 0 Å². The molecule has 3 rings (SSSR count). The highest BCUT2D eigenvalue weighted by Gasteiger charge is 2.30. The second-order valence-electron chi connectivity index (χ2n) is 4.87. The van der Waals surface area contributed by atoms with Gasteiger partial charge in [0.25, 0.3) is 0 Å². The van der Waals surface area contributed by atoms with Crippen LogP contribution in [0.2, 0.25) is 0 Å². The van der Waals surface area contributed by atoms with Crippen molar-refractivity contribution in [3.05, 3.63) is 65.7 Å². The first-order chi connectivity index (χ1) is 10.1. The molecule has 1 amide bonds. The lowest BCUT2D eigenvalue weighted by molar-refractivity contribution is -0.117. The van der Waals surface area contributed by atoms with Crippen molar-refractivity contribution in [2.75, 3.05) is 5.01 Å². The first-order valence-corrected chi connectivity index (χ1v) is 8.15. The van der Waals surface area contributed by atoms with Crippen LogP contribution in [-0.4, -0.2) is 14.3 Å². The van der Waals surface area contributed by atoms with Crippen LogP contribution >= 0.6 is 0 Å². The maximum atomic E-state index is 12.2. The van der Waals surface area contributed by atoms with Crippen LogP contribution in [-0.2, 0) is 27.0 Å². The molecule has 0 saturated heterocycles. The molecule has 21 heavy (non-hydrogen) atoms. The molecule has 0 saturated carbocycles. The number of para-hydroxylation sites is 1. The van der Waals surface area contributed by atoms with Crippen LogP contribution in [0.25, 0.3) is 0 Å². The molecule has 1 heterocycles. The van der Waals surface area contributed by atoms with Gasteiger partial charge in [0, 0.05) is 0 Å². The van der Waals surface area contributed by atoms with Crippen molar-refractivity contribution in [2.45, 2.75) is 12.2 Å². The highest BCUT2D eigenvalue weighted by Crippen LogP contribution is 2.27. The molecule has 0 bridgehead atoms. The van der Waals surface area contributed by atoms with E-state index in [1.807, 2.05) is 18.2 Å². The molecule has 0 atom stereocenters. The Morgan fingerprint density at radius 3 is 2.43 bits per heavy atom. The Balaban J connectivity index is 1.81. The minimum absolute atomic E-state index is 0.167. The van der Waals surface area contributed by atoms with E-state index in [0.29, 0.717) is 11.3 Å².